The molecule has 0 radical (unpaired) electrons. The third-order valence-corrected chi connectivity index (χ3v) is 5.85. The molecule has 3 heterocycles. The molecular formula is C17H23BrN4O. The van der Waals surface area contributed by atoms with Gasteiger partial charge in [0.15, 0.2) is 5.65 Å². The molecule has 0 amide bonds. The lowest BCUT2D eigenvalue weighted by Gasteiger charge is -2.37. The maximum absolute atomic E-state index is 5.99. The zero-order chi connectivity index (χ0) is 16.1. The van der Waals surface area contributed by atoms with Gasteiger partial charge < -0.3 is 10.1 Å². The highest BCUT2D eigenvalue weighted by molar-refractivity contribution is 9.10. The van der Waals surface area contributed by atoms with Gasteiger partial charge in [-0.05, 0) is 73.4 Å². The number of halogens is 1. The monoisotopic (exact) mass is 378 g/mol. The lowest BCUT2D eigenvalue weighted by Crippen LogP contribution is -2.34. The smallest absolute Gasteiger partial charge is 0.171 e. The van der Waals surface area contributed by atoms with E-state index < -0.39 is 0 Å². The number of nitrogens with one attached hydrogen (secondary N) is 1. The molecule has 6 heteroatoms. The van der Waals surface area contributed by atoms with Gasteiger partial charge in [-0.3, -0.25) is 0 Å². The average molecular weight is 379 g/mol. The van der Waals surface area contributed by atoms with Gasteiger partial charge in [0, 0.05) is 12.2 Å². The van der Waals surface area contributed by atoms with Crippen LogP contribution in [0.4, 0.5) is 5.82 Å². The molecular weight excluding hydrogens is 356 g/mol. The van der Waals surface area contributed by atoms with Crippen molar-refractivity contribution >= 4 is 27.4 Å². The lowest BCUT2D eigenvalue weighted by atomic mass is 9.70. The minimum atomic E-state index is 0.0567. The van der Waals surface area contributed by atoms with Gasteiger partial charge >= 0.3 is 0 Å². The Kier molecular flexibility index (Phi) is 3.65. The number of aromatic nitrogens is 3. The standard InChI is InChI=1S/C17H23BrN4O/c1-16(2)10-17(11-23-16)6-3-12(4-7-17)20-14-5-8-22-15(21-14)13(18)9-19-22/h5,8-9,12H,3-4,6-7,10-11H2,1-2H3,(H,20,21). The third-order valence-electron chi connectivity index (χ3n) is 5.29. The Labute approximate surface area is 144 Å². The van der Waals surface area contributed by atoms with Gasteiger partial charge in [-0.2, -0.15) is 5.10 Å². The maximum Gasteiger partial charge on any atom is 0.171 e. The van der Waals surface area contributed by atoms with E-state index in [0.29, 0.717) is 11.5 Å². The molecule has 0 atom stereocenters. The molecule has 1 saturated carbocycles. The predicted molar refractivity (Wildman–Crippen MR) is 93.6 cm³/mol. The first kappa shape index (κ1) is 15.4. The summed E-state index contributed by atoms with van der Waals surface area (Å²) in [6.45, 7) is 5.36. The fourth-order valence-electron chi connectivity index (χ4n) is 4.18. The normalized spacial score (nSPS) is 30.1. The minimum Gasteiger partial charge on any atom is -0.375 e. The Morgan fingerprint density at radius 2 is 2.13 bits per heavy atom. The molecule has 0 unspecified atom stereocenters. The fourth-order valence-corrected chi connectivity index (χ4v) is 4.54. The van der Waals surface area contributed by atoms with Crippen molar-refractivity contribution in [3.63, 3.8) is 0 Å². The summed E-state index contributed by atoms with van der Waals surface area (Å²) < 4.78 is 8.70. The minimum absolute atomic E-state index is 0.0567. The van der Waals surface area contributed by atoms with Crippen LogP contribution in [0.3, 0.4) is 0 Å². The van der Waals surface area contributed by atoms with Crippen LogP contribution >= 0.6 is 15.9 Å². The van der Waals surface area contributed by atoms with Crippen molar-refractivity contribution in [1.82, 2.24) is 14.6 Å². The average Bonchev–Trinajstić information content (AvgIpc) is 3.03. The highest BCUT2D eigenvalue weighted by atomic mass is 79.9. The summed E-state index contributed by atoms with van der Waals surface area (Å²) in [5.74, 6) is 0.933. The molecule has 4 rings (SSSR count). The highest BCUT2D eigenvalue weighted by Gasteiger charge is 2.45. The number of rotatable bonds is 2. The van der Waals surface area contributed by atoms with Gasteiger partial charge in [0.05, 0.1) is 22.9 Å². The van der Waals surface area contributed by atoms with E-state index in [-0.39, 0.29) is 5.60 Å². The maximum atomic E-state index is 5.99. The first-order chi connectivity index (χ1) is 10.9. The Bertz CT molecular complexity index is 718. The zero-order valence-corrected chi connectivity index (χ0v) is 15.3. The van der Waals surface area contributed by atoms with Crippen LogP contribution in [0.5, 0.6) is 0 Å². The number of hydrogen-bond acceptors (Lipinski definition) is 4. The molecule has 124 valence electrons. The van der Waals surface area contributed by atoms with Crippen LogP contribution in [0.15, 0.2) is 22.9 Å². The van der Waals surface area contributed by atoms with Crippen LogP contribution in [-0.2, 0) is 4.74 Å². The number of anilines is 1. The van der Waals surface area contributed by atoms with E-state index in [4.69, 9.17) is 4.74 Å². The molecule has 2 aromatic heterocycles. The van der Waals surface area contributed by atoms with Crippen molar-refractivity contribution in [3.05, 3.63) is 22.9 Å². The summed E-state index contributed by atoms with van der Waals surface area (Å²) in [6, 6.07) is 2.50. The number of fused-ring (bicyclic) bond motifs is 1. The molecule has 23 heavy (non-hydrogen) atoms. The van der Waals surface area contributed by atoms with Crippen LogP contribution < -0.4 is 5.32 Å². The highest BCUT2D eigenvalue weighted by Crippen LogP contribution is 2.48. The van der Waals surface area contributed by atoms with Crippen molar-refractivity contribution in [2.45, 2.75) is 57.6 Å². The van der Waals surface area contributed by atoms with Crippen molar-refractivity contribution < 1.29 is 4.74 Å². The Morgan fingerprint density at radius 1 is 1.35 bits per heavy atom. The zero-order valence-electron chi connectivity index (χ0n) is 13.7. The van der Waals surface area contributed by atoms with E-state index in [2.05, 4.69) is 45.2 Å². The van der Waals surface area contributed by atoms with E-state index >= 15 is 0 Å². The summed E-state index contributed by atoms with van der Waals surface area (Å²) in [5, 5.41) is 7.84. The van der Waals surface area contributed by atoms with Crippen LogP contribution in [0.25, 0.3) is 5.65 Å². The molecule has 2 aromatic rings. The molecule has 5 nitrogen and oxygen atoms in total. The SMILES string of the molecule is CC1(C)CC2(CCC(Nc3ccn4ncc(Br)c4n3)CC2)CO1. The Morgan fingerprint density at radius 3 is 2.83 bits per heavy atom. The molecule has 1 spiro atoms. The predicted octanol–water partition coefficient (Wildman–Crippen LogP) is 4.03. The Hall–Kier alpha value is -1.14. The van der Waals surface area contributed by atoms with Gasteiger partial charge in [-0.15, -0.1) is 0 Å². The van der Waals surface area contributed by atoms with Gasteiger partial charge in [0.2, 0.25) is 0 Å². The summed E-state index contributed by atoms with van der Waals surface area (Å²) in [4.78, 5) is 4.66. The van der Waals surface area contributed by atoms with E-state index in [9.17, 15) is 0 Å². The van der Waals surface area contributed by atoms with Gasteiger partial charge in [0.1, 0.15) is 5.82 Å². The van der Waals surface area contributed by atoms with E-state index in [0.717, 1.165) is 22.5 Å². The van der Waals surface area contributed by atoms with Gasteiger partial charge in [-0.25, -0.2) is 9.50 Å². The van der Waals surface area contributed by atoms with Crippen LogP contribution in [0.1, 0.15) is 46.0 Å². The molecule has 1 N–H and O–H groups in total. The van der Waals surface area contributed by atoms with Gasteiger partial charge in [-0.1, -0.05) is 0 Å². The summed E-state index contributed by atoms with van der Waals surface area (Å²) in [6.07, 6.45) is 9.78. The Balaban J connectivity index is 1.41. The van der Waals surface area contributed by atoms with Crippen LogP contribution in [0, 0.1) is 5.41 Å². The number of hydrogen-bond donors (Lipinski definition) is 1. The summed E-state index contributed by atoms with van der Waals surface area (Å²) in [7, 11) is 0. The molecule has 0 aromatic carbocycles. The van der Waals surface area contributed by atoms with Crippen molar-refractivity contribution in [3.8, 4) is 0 Å². The molecule has 2 fully saturated rings. The molecule has 1 aliphatic carbocycles. The second-order valence-corrected chi connectivity index (χ2v) is 8.57. The molecule has 1 aliphatic heterocycles. The van der Waals surface area contributed by atoms with E-state index in [1.54, 1.807) is 10.7 Å². The quantitative estimate of drug-likeness (QED) is 0.856. The number of ether oxygens (including phenoxy) is 1. The second-order valence-electron chi connectivity index (χ2n) is 7.72. The fraction of sp³-hybridized carbons (Fsp3) is 0.647. The topological polar surface area (TPSA) is 51.5 Å². The summed E-state index contributed by atoms with van der Waals surface area (Å²) >= 11 is 3.49. The second kappa shape index (κ2) is 5.45. The number of nitrogens with zero attached hydrogens (tertiary/aromatic N) is 3. The molecule has 1 saturated heterocycles. The van der Waals surface area contributed by atoms with Crippen molar-refractivity contribution in [2.75, 3.05) is 11.9 Å². The van der Waals surface area contributed by atoms with Crippen LogP contribution in [0.2, 0.25) is 0 Å². The molecule has 2 aliphatic rings. The van der Waals surface area contributed by atoms with Crippen molar-refractivity contribution in [1.29, 1.82) is 0 Å². The third kappa shape index (κ3) is 2.98. The summed E-state index contributed by atoms with van der Waals surface area (Å²) in [5.41, 5.74) is 1.32. The van der Waals surface area contributed by atoms with Crippen molar-refractivity contribution in [2.24, 2.45) is 5.41 Å². The van der Waals surface area contributed by atoms with E-state index in [1.165, 1.54) is 32.1 Å². The first-order valence-corrected chi connectivity index (χ1v) is 9.15. The van der Waals surface area contributed by atoms with Crippen LogP contribution in [-0.4, -0.2) is 32.8 Å². The van der Waals surface area contributed by atoms with E-state index in [1.807, 2.05) is 12.3 Å². The molecule has 0 bridgehead atoms. The largest absolute Gasteiger partial charge is 0.375 e. The first-order valence-electron chi connectivity index (χ1n) is 8.35. The lowest BCUT2D eigenvalue weighted by molar-refractivity contribution is 0.0283. The van der Waals surface area contributed by atoms with Gasteiger partial charge in [0.25, 0.3) is 0 Å².